The summed E-state index contributed by atoms with van der Waals surface area (Å²) in [4.78, 5) is 15.2. The van der Waals surface area contributed by atoms with Crippen LogP contribution in [-0.4, -0.2) is 40.1 Å². The van der Waals surface area contributed by atoms with Crippen LogP contribution in [0.4, 0.5) is 14.6 Å². The number of halogens is 3. The maximum atomic E-state index is 14.8. The van der Waals surface area contributed by atoms with Gasteiger partial charge < -0.3 is 4.74 Å². The van der Waals surface area contributed by atoms with Crippen molar-refractivity contribution < 1.29 is 35.1 Å². The number of esters is 1. The van der Waals surface area contributed by atoms with Crippen molar-refractivity contribution in [3.63, 3.8) is 0 Å². The molecule has 1 N–H and O–H groups in total. The molecule has 0 saturated heterocycles. The Bertz CT molecular complexity index is 1450. The Kier molecular flexibility index (Phi) is 8.08. The number of nitrogens with zero attached hydrogens (tertiary/aromatic N) is 1. The minimum Gasteiger partial charge on any atom is -0.465 e. The lowest BCUT2D eigenvalue weighted by Crippen LogP contribution is -2.25. The largest absolute Gasteiger partial charge is 0.465 e. The summed E-state index contributed by atoms with van der Waals surface area (Å²) in [7, 11) is -8.65. The lowest BCUT2D eigenvalue weighted by molar-refractivity contribution is -0.139. The van der Waals surface area contributed by atoms with Crippen LogP contribution in [0.3, 0.4) is 0 Å². The van der Waals surface area contributed by atoms with E-state index in [9.17, 15) is 30.4 Å². The summed E-state index contributed by atoms with van der Waals surface area (Å²) in [5.41, 5.74) is -0.597. The number of nitrogens with one attached hydrogen (secondary N) is 1. The van der Waals surface area contributed by atoms with Gasteiger partial charge in [0.1, 0.15) is 22.7 Å². The zero-order valence-corrected chi connectivity index (χ0v) is 20.5. The van der Waals surface area contributed by atoms with E-state index < -0.39 is 54.0 Å². The number of anilines is 1. The molecule has 0 amide bonds. The molecule has 186 valence electrons. The number of carbonyl (C=O) groups is 1. The van der Waals surface area contributed by atoms with Crippen molar-refractivity contribution in [1.82, 2.24) is 4.98 Å². The van der Waals surface area contributed by atoms with Crippen LogP contribution in [0, 0.1) is 11.6 Å². The molecular weight excluding hydrogens is 526 g/mol. The van der Waals surface area contributed by atoms with Crippen LogP contribution in [0.2, 0.25) is 5.02 Å². The van der Waals surface area contributed by atoms with Crippen molar-refractivity contribution in [2.24, 2.45) is 0 Å². The number of hydrogen-bond donors (Lipinski definition) is 1. The zero-order chi connectivity index (χ0) is 25.8. The molecule has 35 heavy (non-hydrogen) atoms. The lowest BCUT2D eigenvalue weighted by atomic mass is 10.0. The number of sulfone groups is 1. The summed E-state index contributed by atoms with van der Waals surface area (Å²) in [5.74, 6) is -4.20. The van der Waals surface area contributed by atoms with Crippen LogP contribution >= 0.6 is 11.6 Å². The SMILES string of the molecule is CCOC(=O)CS(=O)(=O)Nc1cc(C(c2cc(F)ccc2F)S(=O)(=O)c2ccc(Cl)cc2)ccn1. The first-order valence-corrected chi connectivity index (χ1v) is 13.6. The van der Waals surface area contributed by atoms with E-state index in [-0.39, 0.29) is 27.9 Å². The minimum absolute atomic E-state index is 0.0223. The van der Waals surface area contributed by atoms with Gasteiger partial charge >= 0.3 is 5.97 Å². The fourth-order valence-electron chi connectivity index (χ4n) is 3.22. The second kappa shape index (κ2) is 10.7. The van der Waals surface area contributed by atoms with E-state index in [1.807, 2.05) is 0 Å². The highest BCUT2D eigenvalue weighted by Gasteiger charge is 2.34. The highest BCUT2D eigenvalue weighted by atomic mass is 35.5. The van der Waals surface area contributed by atoms with Crippen molar-refractivity contribution in [1.29, 1.82) is 0 Å². The molecule has 1 aromatic heterocycles. The molecule has 8 nitrogen and oxygen atoms in total. The van der Waals surface area contributed by atoms with Gasteiger partial charge in [0.25, 0.3) is 0 Å². The van der Waals surface area contributed by atoms with Gasteiger partial charge in [0.15, 0.2) is 15.6 Å². The van der Waals surface area contributed by atoms with Crippen molar-refractivity contribution in [3.05, 3.63) is 88.6 Å². The van der Waals surface area contributed by atoms with Gasteiger partial charge in [-0.3, -0.25) is 9.52 Å². The molecule has 13 heteroatoms. The van der Waals surface area contributed by atoms with Gasteiger partial charge in [-0.1, -0.05) is 11.6 Å². The van der Waals surface area contributed by atoms with E-state index in [1.54, 1.807) is 0 Å². The Morgan fingerprint density at radius 3 is 2.40 bits per heavy atom. The van der Waals surface area contributed by atoms with Crippen LogP contribution in [0.1, 0.15) is 23.3 Å². The number of carbonyl (C=O) groups excluding carboxylic acids is 1. The van der Waals surface area contributed by atoms with E-state index in [1.165, 1.54) is 37.3 Å². The van der Waals surface area contributed by atoms with Gasteiger partial charge in [0.05, 0.1) is 11.5 Å². The van der Waals surface area contributed by atoms with Gasteiger partial charge in [-0.25, -0.2) is 30.6 Å². The summed E-state index contributed by atoms with van der Waals surface area (Å²) in [6, 6.07) is 9.75. The number of benzene rings is 2. The van der Waals surface area contributed by atoms with Crippen molar-refractivity contribution in [2.75, 3.05) is 17.1 Å². The minimum atomic E-state index is -4.39. The third-order valence-corrected chi connectivity index (χ3v) is 8.12. The number of rotatable bonds is 9. The third-order valence-electron chi connectivity index (χ3n) is 4.65. The number of ether oxygens (including phenoxy) is 1. The maximum Gasteiger partial charge on any atom is 0.323 e. The zero-order valence-electron chi connectivity index (χ0n) is 18.1. The summed E-state index contributed by atoms with van der Waals surface area (Å²) in [6.45, 7) is 1.49. The molecule has 3 rings (SSSR count). The number of sulfonamides is 1. The van der Waals surface area contributed by atoms with Gasteiger partial charge in [-0.2, -0.15) is 0 Å². The fourth-order valence-corrected chi connectivity index (χ4v) is 6.05. The monoisotopic (exact) mass is 544 g/mol. The van der Waals surface area contributed by atoms with E-state index in [4.69, 9.17) is 11.6 Å². The van der Waals surface area contributed by atoms with Crippen molar-refractivity contribution >= 4 is 43.2 Å². The molecule has 0 radical (unpaired) electrons. The number of pyridine rings is 1. The predicted molar refractivity (Wildman–Crippen MR) is 125 cm³/mol. The molecule has 0 aliphatic carbocycles. The first-order valence-electron chi connectivity index (χ1n) is 9.99. The summed E-state index contributed by atoms with van der Waals surface area (Å²) < 4.78 is 87.2. The van der Waals surface area contributed by atoms with Gasteiger partial charge in [0, 0.05) is 16.8 Å². The van der Waals surface area contributed by atoms with Crippen molar-refractivity contribution in [3.8, 4) is 0 Å². The Morgan fingerprint density at radius 2 is 1.74 bits per heavy atom. The Morgan fingerprint density at radius 1 is 1.06 bits per heavy atom. The molecule has 0 saturated carbocycles. The van der Waals surface area contributed by atoms with E-state index in [0.717, 1.165) is 30.5 Å². The summed E-state index contributed by atoms with van der Waals surface area (Å²) in [6.07, 6.45) is 1.10. The molecule has 1 atom stereocenters. The predicted octanol–water partition coefficient (Wildman–Crippen LogP) is 3.88. The van der Waals surface area contributed by atoms with Gasteiger partial charge in [-0.05, 0) is 67.1 Å². The number of hydrogen-bond acceptors (Lipinski definition) is 7. The van der Waals surface area contributed by atoms with E-state index >= 15 is 0 Å². The molecule has 1 unspecified atom stereocenters. The topological polar surface area (TPSA) is 119 Å². The van der Waals surface area contributed by atoms with Crippen LogP contribution in [-0.2, 0) is 29.4 Å². The van der Waals surface area contributed by atoms with Crippen LogP contribution in [0.25, 0.3) is 0 Å². The Balaban J connectivity index is 2.11. The second-order valence-corrected chi connectivity index (χ2v) is 11.4. The molecule has 0 spiro atoms. The molecule has 2 aromatic carbocycles. The molecular formula is C22H19ClF2N2O6S2. The Labute approximate surface area is 205 Å². The molecule has 3 aromatic rings. The molecule has 0 bridgehead atoms. The lowest BCUT2D eigenvalue weighted by Gasteiger charge is -2.20. The van der Waals surface area contributed by atoms with Crippen LogP contribution < -0.4 is 4.72 Å². The van der Waals surface area contributed by atoms with Gasteiger partial charge in [-0.15, -0.1) is 0 Å². The van der Waals surface area contributed by atoms with Gasteiger partial charge in [0.2, 0.25) is 10.0 Å². The maximum absolute atomic E-state index is 14.8. The average molecular weight is 545 g/mol. The standard InChI is InChI=1S/C22H19ClF2N2O6S2/c1-2-33-21(28)13-34(29,30)27-20-11-14(9-10-26-20)22(18-12-16(24)5-8-19(18)25)35(31,32)17-6-3-15(23)4-7-17/h3-12,22H,2,13H2,1H3,(H,26,27). The van der Waals surface area contributed by atoms with Crippen LogP contribution in [0.15, 0.2) is 65.7 Å². The number of aromatic nitrogens is 1. The highest BCUT2D eigenvalue weighted by Crippen LogP contribution is 2.37. The van der Waals surface area contributed by atoms with Crippen molar-refractivity contribution in [2.45, 2.75) is 17.1 Å². The molecule has 0 aliphatic heterocycles. The Hall–Kier alpha value is -3.09. The molecule has 0 aliphatic rings. The van der Waals surface area contributed by atoms with Crippen LogP contribution in [0.5, 0.6) is 0 Å². The third kappa shape index (κ3) is 6.53. The summed E-state index contributed by atoms with van der Waals surface area (Å²) >= 11 is 5.85. The average Bonchev–Trinajstić information content (AvgIpc) is 2.76. The normalized spacial score (nSPS) is 12.7. The van der Waals surface area contributed by atoms with E-state index in [2.05, 4.69) is 14.4 Å². The van der Waals surface area contributed by atoms with E-state index in [0.29, 0.717) is 0 Å². The molecule has 1 heterocycles. The highest BCUT2D eigenvalue weighted by molar-refractivity contribution is 7.93. The quantitative estimate of drug-likeness (QED) is 0.406. The first kappa shape index (κ1) is 26.5. The summed E-state index contributed by atoms with van der Waals surface area (Å²) in [5, 5.41) is -1.50. The smallest absolute Gasteiger partial charge is 0.323 e. The first-order chi connectivity index (χ1) is 16.4. The second-order valence-electron chi connectivity index (χ2n) is 7.19. The fraction of sp³-hybridized carbons (Fsp3) is 0.182. The molecule has 0 fully saturated rings.